The summed E-state index contributed by atoms with van der Waals surface area (Å²) in [6.45, 7) is 1.67. The second kappa shape index (κ2) is 10.7. The molecule has 0 radical (unpaired) electrons. The van der Waals surface area contributed by atoms with Gasteiger partial charge in [0.05, 0.1) is 28.6 Å². The lowest BCUT2D eigenvalue weighted by atomic mass is 9.94. The topological polar surface area (TPSA) is 139 Å². The number of nitro benzene ring substituents is 1. The Hall–Kier alpha value is -4.99. The molecule has 3 aromatic rings. The lowest BCUT2D eigenvalue weighted by molar-refractivity contribution is -0.384. The van der Waals surface area contributed by atoms with Gasteiger partial charge in [-0.15, -0.1) is 0 Å². The van der Waals surface area contributed by atoms with Crippen molar-refractivity contribution in [3.05, 3.63) is 123 Å². The molecular weight excluding hydrogens is 478 g/mol. The van der Waals surface area contributed by atoms with Gasteiger partial charge in [-0.25, -0.2) is 14.4 Å². The van der Waals surface area contributed by atoms with Gasteiger partial charge in [0.1, 0.15) is 6.61 Å². The van der Waals surface area contributed by atoms with Gasteiger partial charge in [-0.05, 0) is 35.7 Å². The Balaban J connectivity index is 1.70. The van der Waals surface area contributed by atoms with E-state index in [2.05, 4.69) is 5.32 Å². The number of aromatic carboxylic acids is 1. The zero-order chi connectivity index (χ0) is 26.5. The fourth-order valence-electron chi connectivity index (χ4n) is 4.04. The number of carbonyl (C=O) groups excluding carboxylic acids is 2. The molecule has 0 saturated heterocycles. The number of nitrogens with one attached hydrogen (secondary N) is 1. The van der Waals surface area contributed by atoms with Gasteiger partial charge >= 0.3 is 18.0 Å². The number of amides is 2. The highest BCUT2D eigenvalue weighted by Gasteiger charge is 2.37. The van der Waals surface area contributed by atoms with Crippen LogP contribution < -0.4 is 5.32 Å². The Labute approximate surface area is 211 Å². The van der Waals surface area contributed by atoms with Crippen LogP contribution in [0.5, 0.6) is 0 Å². The molecule has 4 rings (SSSR count). The molecule has 2 N–H and O–H groups in total. The summed E-state index contributed by atoms with van der Waals surface area (Å²) in [5.74, 6) is -1.74. The van der Waals surface area contributed by atoms with Gasteiger partial charge in [-0.2, -0.15) is 0 Å². The van der Waals surface area contributed by atoms with E-state index in [-0.39, 0.29) is 30.0 Å². The Morgan fingerprint density at radius 3 is 2.38 bits per heavy atom. The smallest absolute Gasteiger partial charge is 0.338 e. The second-order valence-electron chi connectivity index (χ2n) is 8.38. The van der Waals surface area contributed by atoms with E-state index in [1.807, 2.05) is 30.3 Å². The molecule has 0 fully saturated rings. The number of hydrogen-bond donors (Lipinski definition) is 2. The van der Waals surface area contributed by atoms with Crippen LogP contribution in [0, 0.1) is 10.1 Å². The van der Waals surface area contributed by atoms with Crippen molar-refractivity contribution in [3.8, 4) is 0 Å². The standard InChI is InChI=1S/C27H23N3O7/c1-17-23(26(33)37-16-19-6-3-2-4-7-19)24(21-8-5-9-22(14-21)30(35)36)28-27(34)29(17)15-18-10-12-20(13-11-18)25(31)32/h2-14,24H,15-16H2,1H3,(H,28,34)(H,31,32). The predicted octanol–water partition coefficient (Wildman–Crippen LogP) is 4.58. The van der Waals surface area contributed by atoms with Crippen LogP contribution in [0.4, 0.5) is 10.5 Å². The van der Waals surface area contributed by atoms with E-state index in [9.17, 15) is 24.5 Å². The van der Waals surface area contributed by atoms with E-state index in [4.69, 9.17) is 9.84 Å². The summed E-state index contributed by atoms with van der Waals surface area (Å²) in [4.78, 5) is 49.8. The molecule has 3 aromatic carbocycles. The lowest BCUT2D eigenvalue weighted by Crippen LogP contribution is -2.47. The first-order valence-electron chi connectivity index (χ1n) is 11.3. The summed E-state index contributed by atoms with van der Waals surface area (Å²) in [6.07, 6.45) is 0. The third-order valence-electron chi connectivity index (χ3n) is 5.98. The first kappa shape index (κ1) is 25.1. The van der Waals surface area contributed by atoms with Gasteiger partial charge in [-0.1, -0.05) is 54.6 Å². The quantitative estimate of drug-likeness (QED) is 0.262. The van der Waals surface area contributed by atoms with Crippen LogP contribution in [-0.2, 0) is 22.7 Å². The second-order valence-corrected chi connectivity index (χ2v) is 8.38. The molecule has 37 heavy (non-hydrogen) atoms. The summed E-state index contributed by atoms with van der Waals surface area (Å²) in [7, 11) is 0. The normalized spacial score (nSPS) is 15.2. The number of esters is 1. The summed E-state index contributed by atoms with van der Waals surface area (Å²) >= 11 is 0. The number of carbonyl (C=O) groups is 3. The van der Waals surface area contributed by atoms with Crippen LogP contribution in [-0.4, -0.2) is 32.9 Å². The highest BCUT2D eigenvalue weighted by Crippen LogP contribution is 2.33. The summed E-state index contributed by atoms with van der Waals surface area (Å²) in [5.41, 5.74) is 2.16. The number of rotatable bonds is 8. The van der Waals surface area contributed by atoms with E-state index in [1.54, 1.807) is 25.1 Å². The van der Waals surface area contributed by atoms with Crippen LogP contribution in [0.2, 0.25) is 0 Å². The van der Waals surface area contributed by atoms with Crippen LogP contribution in [0.1, 0.15) is 40.0 Å². The number of hydrogen-bond acceptors (Lipinski definition) is 6. The molecule has 0 saturated carbocycles. The van der Waals surface area contributed by atoms with E-state index in [1.165, 1.54) is 35.2 Å². The highest BCUT2D eigenvalue weighted by molar-refractivity contribution is 5.95. The van der Waals surface area contributed by atoms with Gasteiger partial charge in [0, 0.05) is 17.8 Å². The SMILES string of the molecule is CC1=C(C(=O)OCc2ccccc2)C(c2cccc([N+](=O)[O-])c2)NC(=O)N1Cc1ccc(C(=O)O)cc1. The number of non-ortho nitro benzene ring substituents is 1. The van der Waals surface area contributed by atoms with Crippen molar-refractivity contribution >= 4 is 23.7 Å². The maximum Gasteiger partial charge on any atom is 0.338 e. The molecular formula is C27H23N3O7. The third-order valence-corrected chi connectivity index (χ3v) is 5.98. The van der Waals surface area contributed by atoms with Crippen molar-refractivity contribution in [1.82, 2.24) is 10.2 Å². The number of urea groups is 1. The maximum atomic E-state index is 13.4. The number of allylic oxidation sites excluding steroid dienone is 1. The molecule has 0 spiro atoms. The number of carboxylic acid groups (broad SMARTS) is 1. The van der Waals surface area contributed by atoms with Crippen LogP contribution in [0.25, 0.3) is 0 Å². The van der Waals surface area contributed by atoms with Crippen molar-refractivity contribution in [1.29, 1.82) is 0 Å². The molecule has 1 unspecified atom stereocenters. The molecule has 1 aliphatic heterocycles. The number of carboxylic acids is 1. The minimum atomic E-state index is -1.07. The summed E-state index contributed by atoms with van der Waals surface area (Å²) in [5, 5.41) is 23.2. The highest BCUT2D eigenvalue weighted by atomic mass is 16.6. The van der Waals surface area contributed by atoms with Crippen molar-refractivity contribution in [3.63, 3.8) is 0 Å². The Bertz CT molecular complexity index is 1380. The minimum Gasteiger partial charge on any atom is -0.478 e. The van der Waals surface area contributed by atoms with Crippen LogP contribution >= 0.6 is 0 Å². The lowest BCUT2D eigenvalue weighted by Gasteiger charge is -2.35. The Morgan fingerprint density at radius 2 is 1.73 bits per heavy atom. The van der Waals surface area contributed by atoms with E-state index in [0.29, 0.717) is 16.8 Å². The molecule has 1 atom stereocenters. The average molecular weight is 501 g/mol. The summed E-state index contributed by atoms with van der Waals surface area (Å²) < 4.78 is 5.57. The fraction of sp³-hybridized carbons (Fsp3) is 0.148. The zero-order valence-corrected chi connectivity index (χ0v) is 19.8. The van der Waals surface area contributed by atoms with Crippen LogP contribution in [0.15, 0.2) is 90.1 Å². The molecule has 188 valence electrons. The van der Waals surface area contributed by atoms with Crippen molar-refractivity contribution in [2.45, 2.75) is 26.1 Å². The Kier molecular flexibility index (Phi) is 7.28. The minimum absolute atomic E-state index is 0.00269. The van der Waals surface area contributed by atoms with Crippen LogP contribution in [0.3, 0.4) is 0 Å². The number of nitro groups is 1. The molecule has 1 heterocycles. The van der Waals surface area contributed by atoms with Gasteiger partial charge in [-0.3, -0.25) is 15.0 Å². The number of nitrogens with zero attached hydrogens (tertiary/aromatic N) is 2. The first-order chi connectivity index (χ1) is 17.7. The van der Waals surface area contributed by atoms with E-state index >= 15 is 0 Å². The molecule has 10 nitrogen and oxygen atoms in total. The van der Waals surface area contributed by atoms with Gasteiger partial charge < -0.3 is 15.2 Å². The molecule has 1 aliphatic rings. The van der Waals surface area contributed by atoms with Crippen molar-refractivity contribution in [2.24, 2.45) is 0 Å². The largest absolute Gasteiger partial charge is 0.478 e. The fourth-order valence-corrected chi connectivity index (χ4v) is 4.04. The molecule has 0 aromatic heterocycles. The van der Waals surface area contributed by atoms with Crippen molar-refractivity contribution in [2.75, 3.05) is 0 Å². The third kappa shape index (κ3) is 5.64. The Morgan fingerprint density at radius 1 is 1.03 bits per heavy atom. The van der Waals surface area contributed by atoms with Gasteiger partial charge in [0.15, 0.2) is 0 Å². The maximum absolute atomic E-state index is 13.4. The zero-order valence-electron chi connectivity index (χ0n) is 19.8. The predicted molar refractivity (Wildman–Crippen MR) is 132 cm³/mol. The van der Waals surface area contributed by atoms with Gasteiger partial charge in [0.25, 0.3) is 5.69 Å². The first-order valence-corrected chi connectivity index (χ1v) is 11.3. The number of ether oxygens (including phenoxy) is 1. The van der Waals surface area contributed by atoms with E-state index < -0.39 is 28.9 Å². The number of benzene rings is 3. The molecule has 0 bridgehead atoms. The summed E-state index contributed by atoms with van der Waals surface area (Å²) in [6, 6.07) is 19.3. The molecule has 2 amide bonds. The van der Waals surface area contributed by atoms with E-state index in [0.717, 1.165) is 5.56 Å². The monoisotopic (exact) mass is 501 g/mol. The molecule has 10 heteroatoms. The van der Waals surface area contributed by atoms with Gasteiger partial charge in [0.2, 0.25) is 0 Å². The average Bonchev–Trinajstić information content (AvgIpc) is 2.90. The van der Waals surface area contributed by atoms with Crippen molar-refractivity contribution < 1.29 is 29.2 Å². The molecule has 0 aliphatic carbocycles.